The molecule has 7 nitrogen and oxygen atoms in total. The maximum absolute atomic E-state index is 12.4. The van der Waals surface area contributed by atoms with Crippen LogP contribution in [0.2, 0.25) is 0 Å². The standard InChI is InChI=1S/C18H18N4O3/c1-11(23)22-9-8-12-10-13(2-7-16(12)22)17(24)20-14-3-5-15(6-4-14)21-18(19)25/h2-7,10H,8-9H2,1H3,(H,20,24)(H3,19,21,25). The van der Waals surface area contributed by atoms with E-state index in [-0.39, 0.29) is 11.8 Å². The number of nitrogens with two attached hydrogens (primary N) is 1. The van der Waals surface area contributed by atoms with Crippen LogP contribution in [0.3, 0.4) is 0 Å². The molecular formula is C18H18N4O3. The van der Waals surface area contributed by atoms with Gasteiger partial charge in [0, 0.05) is 36.1 Å². The van der Waals surface area contributed by atoms with E-state index in [0.717, 1.165) is 17.7 Å². The van der Waals surface area contributed by atoms with Crippen molar-refractivity contribution in [2.24, 2.45) is 5.73 Å². The van der Waals surface area contributed by atoms with Gasteiger partial charge in [-0.3, -0.25) is 9.59 Å². The summed E-state index contributed by atoms with van der Waals surface area (Å²) in [6.45, 7) is 2.18. The Hall–Kier alpha value is -3.35. The fourth-order valence-corrected chi connectivity index (χ4v) is 2.85. The van der Waals surface area contributed by atoms with Gasteiger partial charge in [0.25, 0.3) is 5.91 Å². The summed E-state index contributed by atoms with van der Waals surface area (Å²) in [5, 5.41) is 5.25. The molecule has 0 unspecified atom stereocenters. The third-order valence-corrected chi connectivity index (χ3v) is 4.03. The van der Waals surface area contributed by atoms with Crippen molar-refractivity contribution in [3.8, 4) is 0 Å². The molecule has 1 aliphatic heterocycles. The molecule has 0 bridgehead atoms. The van der Waals surface area contributed by atoms with Gasteiger partial charge in [-0.1, -0.05) is 0 Å². The van der Waals surface area contributed by atoms with E-state index in [0.29, 0.717) is 23.5 Å². The molecule has 4 amide bonds. The van der Waals surface area contributed by atoms with Gasteiger partial charge in [-0.25, -0.2) is 4.79 Å². The summed E-state index contributed by atoms with van der Waals surface area (Å²) >= 11 is 0. The van der Waals surface area contributed by atoms with E-state index in [1.54, 1.807) is 41.3 Å². The lowest BCUT2D eigenvalue weighted by atomic mass is 10.1. The summed E-state index contributed by atoms with van der Waals surface area (Å²) in [5.41, 5.74) is 8.59. The molecule has 0 radical (unpaired) electrons. The molecule has 0 saturated carbocycles. The second-order valence-corrected chi connectivity index (χ2v) is 5.78. The number of nitrogens with zero attached hydrogens (tertiary/aromatic N) is 1. The van der Waals surface area contributed by atoms with Crippen LogP contribution in [-0.4, -0.2) is 24.4 Å². The van der Waals surface area contributed by atoms with Crippen molar-refractivity contribution in [2.75, 3.05) is 22.1 Å². The van der Waals surface area contributed by atoms with Crippen molar-refractivity contribution >= 4 is 34.9 Å². The van der Waals surface area contributed by atoms with E-state index in [9.17, 15) is 14.4 Å². The van der Waals surface area contributed by atoms with Crippen LogP contribution in [0, 0.1) is 0 Å². The molecule has 128 valence electrons. The quantitative estimate of drug-likeness (QED) is 0.800. The number of fused-ring (bicyclic) bond motifs is 1. The summed E-state index contributed by atoms with van der Waals surface area (Å²) in [5.74, 6) is -0.236. The number of benzene rings is 2. The van der Waals surface area contributed by atoms with Crippen molar-refractivity contribution in [3.63, 3.8) is 0 Å². The van der Waals surface area contributed by atoms with E-state index in [1.165, 1.54) is 6.92 Å². The van der Waals surface area contributed by atoms with Crippen LogP contribution in [0.1, 0.15) is 22.8 Å². The lowest BCUT2D eigenvalue weighted by molar-refractivity contribution is -0.116. The zero-order chi connectivity index (χ0) is 18.0. The van der Waals surface area contributed by atoms with Crippen molar-refractivity contribution in [1.82, 2.24) is 0 Å². The summed E-state index contributed by atoms with van der Waals surface area (Å²) in [7, 11) is 0. The Morgan fingerprint density at radius 1 is 1.00 bits per heavy atom. The zero-order valence-corrected chi connectivity index (χ0v) is 13.7. The highest BCUT2D eigenvalue weighted by molar-refractivity contribution is 6.05. The highest BCUT2D eigenvalue weighted by atomic mass is 16.2. The molecule has 0 spiro atoms. The first-order valence-corrected chi connectivity index (χ1v) is 7.83. The number of urea groups is 1. The van der Waals surface area contributed by atoms with E-state index in [2.05, 4.69) is 10.6 Å². The van der Waals surface area contributed by atoms with Crippen LogP contribution >= 0.6 is 0 Å². The first kappa shape index (κ1) is 16.5. The number of hydrogen-bond donors (Lipinski definition) is 3. The Morgan fingerprint density at radius 3 is 2.24 bits per heavy atom. The molecule has 0 aromatic heterocycles. The average Bonchev–Trinajstić information content (AvgIpc) is 2.99. The predicted octanol–water partition coefficient (Wildman–Crippen LogP) is 2.34. The number of carbonyl (C=O) groups excluding carboxylic acids is 3. The van der Waals surface area contributed by atoms with Crippen molar-refractivity contribution in [1.29, 1.82) is 0 Å². The van der Waals surface area contributed by atoms with Gasteiger partial charge in [0.15, 0.2) is 0 Å². The van der Waals surface area contributed by atoms with Crippen molar-refractivity contribution in [3.05, 3.63) is 53.6 Å². The third-order valence-electron chi connectivity index (χ3n) is 4.03. The van der Waals surface area contributed by atoms with E-state index >= 15 is 0 Å². The molecule has 7 heteroatoms. The van der Waals surface area contributed by atoms with Gasteiger partial charge in [0.05, 0.1) is 0 Å². The van der Waals surface area contributed by atoms with E-state index in [1.807, 2.05) is 6.07 Å². The van der Waals surface area contributed by atoms with Crippen molar-refractivity contribution in [2.45, 2.75) is 13.3 Å². The smallest absolute Gasteiger partial charge is 0.316 e. The SMILES string of the molecule is CC(=O)N1CCc2cc(C(=O)Nc3ccc(NC(N)=O)cc3)ccc21. The second kappa shape index (κ2) is 6.64. The van der Waals surface area contributed by atoms with Crippen LogP contribution in [0.5, 0.6) is 0 Å². The highest BCUT2D eigenvalue weighted by Gasteiger charge is 2.23. The summed E-state index contributed by atoms with van der Waals surface area (Å²) in [6.07, 6.45) is 0.740. The van der Waals surface area contributed by atoms with Gasteiger partial charge >= 0.3 is 6.03 Å². The lowest BCUT2D eigenvalue weighted by Gasteiger charge is -2.14. The topological polar surface area (TPSA) is 105 Å². The normalized spacial score (nSPS) is 12.4. The monoisotopic (exact) mass is 338 g/mol. The summed E-state index contributed by atoms with van der Waals surface area (Å²) in [6, 6.07) is 11.3. The van der Waals surface area contributed by atoms with Gasteiger partial charge in [-0.15, -0.1) is 0 Å². The minimum atomic E-state index is -0.644. The average molecular weight is 338 g/mol. The maximum atomic E-state index is 12.4. The van der Waals surface area contributed by atoms with Crippen LogP contribution < -0.4 is 21.3 Å². The molecule has 1 aliphatic rings. The molecule has 2 aromatic carbocycles. The molecule has 0 fully saturated rings. The maximum Gasteiger partial charge on any atom is 0.316 e. The Morgan fingerprint density at radius 2 is 1.64 bits per heavy atom. The molecule has 0 atom stereocenters. The number of anilines is 3. The molecule has 3 rings (SSSR count). The highest BCUT2D eigenvalue weighted by Crippen LogP contribution is 2.29. The fraction of sp³-hybridized carbons (Fsp3) is 0.167. The predicted molar refractivity (Wildman–Crippen MR) is 95.8 cm³/mol. The van der Waals surface area contributed by atoms with Gasteiger partial charge in [0.1, 0.15) is 0 Å². The molecule has 0 saturated heterocycles. The Kier molecular flexibility index (Phi) is 4.38. The van der Waals surface area contributed by atoms with Crippen LogP contribution in [0.15, 0.2) is 42.5 Å². The van der Waals surface area contributed by atoms with Gasteiger partial charge in [0.2, 0.25) is 5.91 Å². The zero-order valence-electron chi connectivity index (χ0n) is 13.7. The van der Waals surface area contributed by atoms with Crippen LogP contribution in [-0.2, 0) is 11.2 Å². The second-order valence-electron chi connectivity index (χ2n) is 5.78. The summed E-state index contributed by atoms with van der Waals surface area (Å²) in [4.78, 5) is 36.5. The Balaban J connectivity index is 1.72. The fourth-order valence-electron chi connectivity index (χ4n) is 2.85. The van der Waals surface area contributed by atoms with Crippen LogP contribution in [0.25, 0.3) is 0 Å². The number of carbonyl (C=O) groups is 3. The van der Waals surface area contributed by atoms with Crippen molar-refractivity contribution < 1.29 is 14.4 Å². The molecule has 1 heterocycles. The third kappa shape index (κ3) is 3.60. The molecule has 0 aliphatic carbocycles. The minimum absolute atomic E-state index is 0.000566. The number of amides is 4. The molecular weight excluding hydrogens is 320 g/mol. The van der Waals surface area contributed by atoms with Crippen LogP contribution in [0.4, 0.5) is 21.9 Å². The number of rotatable bonds is 3. The lowest BCUT2D eigenvalue weighted by Crippen LogP contribution is -2.25. The largest absolute Gasteiger partial charge is 0.351 e. The first-order valence-electron chi connectivity index (χ1n) is 7.83. The van der Waals surface area contributed by atoms with E-state index < -0.39 is 6.03 Å². The minimum Gasteiger partial charge on any atom is -0.351 e. The number of hydrogen-bond acceptors (Lipinski definition) is 3. The Bertz CT molecular complexity index is 846. The summed E-state index contributed by atoms with van der Waals surface area (Å²) < 4.78 is 0. The molecule has 4 N–H and O–H groups in total. The molecule has 2 aromatic rings. The number of primary amides is 1. The van der Waals surface area contributed by atoms with Gasteiger partial charge < -0.3 is 21.3 Å². The Labute approximate surface area is 144 Å². The van der Waals surface area contributed by atoms with Gasteiger partial charge in [-0.05, 0) is 54.4 Å². The molecule has 25 heavy (non-hydrogen) atoms. The van der Waals surface area contributed by atoms with E-state index in [4.69, 9.17) is 5.73 Å². The first-order chi connectivity index (χ1) is 11.9. The number of nitrogens with one attached hydrogen (secondary N) is 2. The van der Waals surface area contributed by atoms with Gasteiger partial charge in [-0.2, -0.15) is 0 Å².